The summed E-state index contributed by atoms with van der Waals surface area (Å²) in [6, 6.07) is 14.0. The van der Waals surface area contributed by atoms with Gasteiger partial charge in [0, 0.05) is 29.4 Å². The fourth-order valence-corrected chi connectivity index (χ4v) is 3.01. The molecule has 4 heteroatoms. The van der Waals surface area contributed by atoms with Gasteiger partial charge in [-0.25, -0.2) is 0 Å². The first-order chi connectivity index (χ1) is 10.2. The third-order valence-electron chi connectivity index (χ3n) is 3.82. The second-order valence-corrected chi connectivity index (χ2v) is 5.76. The van der Waals surface area contributed by atoms with Crippen LogP contribution in [0.4, 0.5) is 5.69 Å². The minimum atomic E-state index is -0.0693. The Morgan fingerprint density at radius 2 is 1.95 bits per heavy atom. The zero-order valence-corrected chi connectivity index (χ0v) is 12.6. The van der Waals surface area contributed by atoms with E-state index in [0.717, 1.165) is 23.6 Å². The first kappa shape index (κ1) is 14.0. The van der Waals surface area contributed by atoms with Crippen LogP contribution in [0.3, 0.4) is 0 Å². The molecule has 1 aliphatic carbocycles. The third-order valence-corrected chi connectivity index (χ3v) is 4.06. The number of hydrogen-bond donors (Lipinski definition) is 2. The Kier molecular flexibility index (Phi) is 3.84. The zero-order chi connectivity index (χ0) is 14.8. The Morgan fingerprint density at radius 1 is 1.14 bits per heavy atom. The van der Waals surface area contributed by atoms with Crippen molar-refractivity contribution in [3.63, 3.8) is 0 Å². The molecule has 0 radical (unpaired) electrons. The predicted molar refractivity (Wildman–Crippen MR) is 86.1 cm³/mol. The van der Waals surface area contributed by atoms with Crippen LogP contribution < -0.4 is 10.6 Å². The molecule has 1 unspecified atom stereocenters. The zero-order valence-electron chi connectivity index (χ0n) is 11.8. The summed E-state index contributed by atoms with van der Waals surface area (Å²) in [5, 5.41) is 6.93. The number of carbonyl (C=O) groups is 1. The standard InChI is InChI=1S/C17H17ClN2O/c1-19-17(21)12-3-2-4-15(9-12)20-16-8-11-5-6-14(18)7-13(11)10-16/h2-7,9,16,20H,8,10H2,1H3,(H,19,21). The van der Waals surface area contributed by atoms with Crippen molar-refractivity contribution >= 4 is 23.2 Å². The van der Waals surface area contributed by atoms with E-state index in [4.69, 9.17) is 11.6 Å². The number of fused-ring (bicyclic) bond motifs is 1. The highest BCUT2D eigenvalue weighted by atomic mass is 35.5. The highest BCUT2D eigenvalue weighted by molar-refractivity contribution is 6.30. The van der Waals surface area contributed by atoms with Crippen molar-refractivity contribution in [2.24, 2.45) is 0 Å². The fourth-order valence-electron chi connectivity index (χ4n) is 2.82. The molecule has 0 fully saturated rings. The molecule has 3 rings (SSSR count). The molecule has 1 aliphatic rings. The molecule has 0 aromatic heterocycles. The molecular weight excluding hydrogens is 284 g/mol. The number of hydrogen-bond acceptors (Lipinski definition) is 2. The van der Waals surface area contributed by atoms with Gasteiger partial charge in [0.15, 0.2) is 0 Å². The monoisotopic (exact) mass is 300 g/mol. The summed E-state index contributed by atoms with van der Waals surface area (Å²) in [7, 11) is 1.64. The van der Waals surface area contributed by atoms with Crippen molar-refractivity contribution in [3.8, 4) is 0 Å². The summed E-state index contributed by atoms with van der Waals surface area (Å²) >= 11 is 6.04. The van der Waals surface area contributed by atoms with Crippen molar-refractivity contribution in [1.82, 2.24) is 5.32 Å². The number of halogens is 1. The van der Waals surface area contributed by atoms with Gasteiger partial charge in [0.1, 0.15) is 0 Å². The third kappa shape index (κ3) is 3.03. The fraction of sp³-hybridized carbons (Fsp3) is 0.235. The van der Waals surface area contributed by atoms with Crippen molar-refractivity contribution in [2.75, 3.05) is 12.4 Å². The van der Waals surface area contributed by atoms with Crippen molar-refractivity contribution in [1.29, 1.82) is 0 Å². The van der Waals surface area contributed by atoms with E-state index in [1.807, 2.05) is 36.4 Å². The van der Waals surface area contributed by atoms with E-state index >= 15 is 0 Å². The van der Waals surface area contributed by atoms with Crippen LogP contribution in [0.5, 0.6) is 0 Å². The highest BCUT2D eigenvalue weighted by Gasteiger charge is 2.21. The molecule has 2 aromatic carbocycles. The Bertz CT molecular complexity index is 684. The summed E-state index contributed by atoms with van der Waals surface area (Å²) in [4.78, 5) is 11.7. The molecule has 0 aliphatic heterocycles. The number of amides is 1. The van der Waals surface area contributed by atoms with E-state index in [0.29, 0.717) is 11.6 Å². The first-order valence-corrected chi connectivity index (χ1v) is 7.39. The van der Waals surface area contributed by atoms with E-state index in [9.17, 15) is 4.79 Å². The van der Waals surface area contributed by atoms with Crippen molar-refractivity contribution in [2.45, 2.75) is 18.9 Å². The van der Waals surface area contributed by atoms with Crippen LogP contribution in [0.1, 0.15) is 21.5 Å². The van der Waals surface area contributed by atoms with Gasteiger partial charge in [0.05, 0.1) is 0 Å². The number of benzene rings is 2. The van der Waals surface area contributed by atoms with Crippen LogP contribution in [-0.2, 0) is 12.8 Å². The number of rotatable bonds is 3. The first-order valence-electron chi connectivity index (χ1n) is 7.01. The maximum absolute atomic E-state index is 11.7. The van der Waals surface area contributed by atoms with Crippen molar-refractivity contribution < 1.29 is 4.79 Å². The predicted octanol–water partition coefficient (Wildman–Crippen LogP) is 3.28. The smallest absolute Gasteiger partial charge is 0.251 e. The number of carbonyl (C=O) groups excluding carboxylic acids is 1. The van der Waals surface area contributed by atoms with Gasteiger partial charge in [0.25, 0.3) is 5.91 Å². The normalized spacial score (nSPS) is 16.4. The van der Waals surface area contributed by atoms with Gasteiger partial charge in [-0.05, 0) is 54.3 Å². The molecular formula is C17H17ClN2O. The second-order valence-electron chi connectivity index (χ2n) is 5.32. The van der Waals surface area contributed by atoms with Crippen LogP contribution in [0, 0.1) is 0 Å². The van der Waals surface area contributed by atoms with Crippen LogP contribution >= 0.6 is 11.6 Å². The quantitative estimate of drug-likeness (QED) is 0.913. The molecule has 0 spiro atoms. The average molecular weight is 301 g/mol. The minimum absolute atomic E-state index is 0.0693. The second kappa shape index (κ2) is 5.78. The largest absolute Gasteiger partial charge is 0.382 e. The van der Waals surface area contributed by atoms with E-state index in [1.165, 1.54) is 11.1 Å². The van der Waals surface area contributed by atoms with Crippen LogP contribution in [0.15, 0.2) is 42.5 Å². The topological polar surface area (TPSA) is 41.1 Å². The molecule has 0 saturated carbocycles. The summed E-state index contributed by atoms with van der Waals surface area (Å²) < 4.78 is 0. The van der Waals surface area contributed by atoms with Crippen molar-refractivity contribution in [3.05, 3.63) is 64.2 Å². The van der Waals surface area contributed by atoms with Gasteiger partial charge in [-0.1, -0.05) is 23.7 Å². The van der Waals surface area contributed by atoms with E-state index in [2.05, 4.69) is 16.7 Å². The lowest BCUT2D eigenvalue weighted by Gasteiger charge is -2.14. The van der Waals surface area contributed by atoms with Crippen LogP contribution in [0.2, 0.25) is 5.02 Å². The molecule has 0 bridgehead atoms. The van der Waals surface area contributed by atoms with Gasteiger partial charge in [-0.3, -0.25) is 4.79 Å². The average Bonchev–Trinajstić information content (AvgIpc) is 2.88. The Balaban J connectivity index is 1.73. The molecule has 2 aromatic rings. The van der Waals surface area contributed by atoms with Gasteiger partial charge in [0.2, 0.25) is 0 Å². The molecule has 3 nitrogen and oxygen atoms in total. The SMILES string of the molecule is CNC(=O)c1cccc(NC2Cc3ccc(Cl)cc3C2)c1. The lowest BCUT2D eigenvalue weighted by molar-refractivity contribution is 0.0963. The Morgan fingerprint density at radius 3 is 2.76 bits per heavy atom. The van der Waals surface area contributed by atoms with Crippen LogP contribution in [0.25, 0.3) is 0 Å². The molecule has 1 amide bonds. The lowest BCUT2D eigenvalue weighted by Crippen LogP contribution is -2.21. The number of anilines is 1. The molecule has 1 atom stereocenters. The Hall–Kier alpha value is -2.00. The lowest BCUT2D eigenvalue weighted by atomic mass is 10.1. The van der Waals surface area contributed by atoms with Gasteiger partial charge >= 0.3 is 0 Å². The van der Waals surface area contributed by atoms with Gasteiger partial charge in [-0.2, -0.15) is 0 Å². The number of nitrogens with one attached hydrogen (secondary N) is 2. The summed E-state index contributed by atoms with van der Waals surface area (Å²) in [5.41, 5.74) is 4.29. The molecule has 21 heavy (non-hydrogen) atoms. The van der Waals surface area contributed by atoms with Gasteiger partial charge in [-0.15, -0.1) is 0 Å². The Labute approximate surface area is 129 Å². The van der Waals surface area contributed by atoms with E-state index in [1.54, 1.807) is 7.05 Å². The maximum atomic E-state index is 11.7. The van der Waals surface area contributed by atoms with Crippen LogP contribution in [-0.4, -0.2) is 19.0 Å². The summed E-state index contributed by atoms with van der Waals surface area (Å²) in [6.07, 6.45) is 1.94. The van der Waals surface area contributed by atoms with E-state index in [-0.39, 0.29) is 5.91 Å². The molecule has 0 saturated heterocycles. The van der Waals surface area contributed by atoms with E-state index < -0.39 is 0 Å². The highest BCUT2D eigenvalue weighted by Crippen LogP contribution is 2.27. The maximum Gasteiger partial charge on any atom is 0.251 e. The molecule has 2 N–H and O–H groups in total. The van der Waals surface area contributed by atoms with Gasteiger partial charge < -0.3 is 10.6 Å². The molecule has 0 heterocycles. The minimum Gasteiger partial charge on any atom is -0.382 e. The summed E-state index contributed by atoms with van der Waals surface area (Å²) in [5.74, 6) is -0.0693. The summed E-state index contributed by atoms with van der Waals surface area (Å²) in [6.45, 7) is 0. The molecule has 108 valence electrons.